The molecule has 0 atom stereocenters. The summed E-state index contributed by atoms with van der Waals surface area (Å²) in [5.74, 6) is 0.891. The largest absolute Gasteiger partial charge is 0.317 e. The van der Waals surface area contributed by atoms with Gasteiger partial charge in [-0.3, -0.25) is 0 Å². The third-order valence-corrected chi connectivity index (χ3v) is 3.92. The van der Waals surface area contributed by atoms with Gasteiger partial charge in [-0.2, -0.15) is 0 Å². The molecule has 0 spiro atoms. The van der Waals surface area contributed by atoms with E-state index in [1.807, 2.05) is 0 Å². The minimum atomic E-state index is 0.891. The van der Waals surface area contributed by atoms with E-state index in [0.717, 1.165) is 5.92 Å². The highest BCUT2D eigenvalue weighted by Gasteiger charge is 2.14. The minimum absolute atomic E-state index is 0.891. The first kappa shape index (κ1) is 11.7. The van der Waals surface area contributed by atoms with Crippen molar-refractivity contribution in [3.63, 3.8) is 0 Å². The second kappa shape index (κ2) is 5.01. The highest BCUT2D eigenvalue weighted by Crippen LogP contribution is 2.22. The maximum absolute atomic E-state index is 3.44. The van der Waals surface area contributed by atoms with Crippen LogP contribution in [0, 0.1) is 26.7 Å². The van der Waals surface area contributed by atoms with Gasteiger partial charge in [0.2, 0.25) is 0 Å². The van der Waals surface area contributed by atoms with Crippen LogP contribution >= 0.6 is 0 Å². The van der Waals surface area contributed by atoms with Crippen LogP contribution in [0.5, 0.6) is 0 Å². The Morgan fingerprint density at radius 3 is 2.31 bits per heavy atom. The summed E-state index contributed by atoms with van der Waals surface area (Å²) in [4.78, 5) is 0. The summed E-state index contributed by atoms with van der Waals surface area (Å²) >= 11 is 0. The number of piperidine rings is 1. The van der Waals surface area contributed by atoms with E-state index in [2.05, 4.69) is 38.2 Å². The van der Waals surface area contributed by atoms with E-state index in [-0.39, 0.29) is 0 Å². The average Bonchev–Trinajstić information content (AvgIpc) is 2.27. The molecule has 1 saturated heterocycles. The molecule has 0 radical (unpaired) electrons. The molecule has 0 aromatic heterocycles. The number of aryl methyl sites for hydroxylation is 3. The zero-order valence-electron chi connectivity index (χ0n) is 10.8. The molecule has 0 bridgehead atoms. The number of benzene rings is 1. The van der Waals surface area contributed by atoms with Gasteiger partial charge in [0.1, 0.15) is 0 Å². The molecular formula is C15H23N. The molecule has 1 nitrogen and oxygen atoms in total. The molecule has 88 valence electrons. The van der Waals surface area contributed by atoms with Gasteiger partial charge in [0.15, 0.2) is 0 Å². The highest BCUT2D eigenvalue weighted by molar-refractivity contribution is 5.36. The Morgan fingerprint density at radius 2 is 1.62 bits per heavy atom. The summed E-state index contributed by atoms with van der Waals surface area (Å²) in [6.07, 6.45) is 3.95. The van der Waals surface area contributed by atoms with E-state index >= 15 is 0 Å². The monoisotopic (exact) mass is 217 g/mol. The Balaban J connectivity index is 2.11. The van der Waals surface area contributed by atoms with Crippen LogP contribution in [-0.4, -0.2) is 13.1 Å². The van der Waals surface area contributed by atoms with Crippen molar-refractivity contribution < 1.29 is 0 Å². The summed E-state index contributed by atoms with van der Waals surface area (Å²) in [6, 6.07) is 4.73. The zero-order chi connectivity index (χ0) is 11.5. The van der Waals surface area contributed by atoms with Gasteiger partial charge in [-0.05, 0) is 81.3 Å². The molecule has 0 unspecified atom stereocenters. The molecule has 1 N–H and O–H groups in total. The van der Waals surface area contributed by atoms with Gasteiger partial charge in [-0.25, -0.2) is 0 Å². The normalized spacial score (nSPS) is 17.7. The molecule has 1 aromatic carbocycles. The van der Waals surface area contributed by atoms with Crippen molar-refractivity contribution in [1.29, 1.82) is 0 Å². The van der Waals surface area contributed by atoms with Gasteiger partial charge in [0.05, 0.1) is 0 Å². The van der Waals surface area contributed by atoms with Gasteiger partial charge in [0, 0.05) is 0 Å². The van der Waals surface area contributed by atoms with E-state index in [4.69, 9.17) is 0 Å². The predicted octanol–water partition coefficient (Wildman–Crippen LogP) is 3.15. The smallest absolute Gasteiger partial charge is 0.00462 e. The summed E-state index contributed by atoms with van der Waals surface area (Å²) in [5, 5.41) is 3.44. The van der Waals surface area contributed by atoms with Crippen molar-refractivity contribution in [2.45, 2.75) is 40.0 Å². The van der Waals surface area contributed by atoms with E-state index in [0.29, 0.717) is 0 Å². The summed E-state index contributed by atoms with van der Waals surface area (Å²) in [6.45, 7) is 9.09. The molecule has 1 aromatic rings. The van der Waals surface area contributed by atoms with E-state index in [1.165, 1.54) is 49.0 Å². The summed E-state index contributed by atoms with van der Waals surface area (Å²) in [5.41, 5.74) is 5.90. The van der Waals surface area contributed by atoms with Gasteiger partial charge in [0.25, 0.3) is 0 Å². The first-order valence-electron chi connectivity index (χ1n) is 6.44. The van der Waals surface area contributed by atoms with Crippen molar-refractivity contribution in [3.8, 4) is 0 Å². The van der Waals surface area contributed by atoms with Crippen LogP contribution in [0.3, 0.4) is 0 Å². The number of nitrogens with one attached hydrogen (secondary N) is 1. The lowest BCUT2D eigenvalue weighted by atomic mass is 9.88. The Labute approximate surface area is 99.3 Å². The maximum Gasteiger partial charge on any atom is -0.00462 e. The fourth-order valence-electron chi connectivity index (χ4n) is 2.64. The van der Waals surface area contributed by atoms with Crippen LogP contribution in [0.4, 0.5) is 0 Å². The number of hydrogen-bond donors (Lipinski definition) is 1. The fraction of sp³-hybridized carbons (Fsp3) is 0.600. The third kappa shape index (κ3) is 2.65. The van der Waals surface area contributed by atoms with Crippen molar-refractivity contribution in [3.05, 3.63) is 34.4 Å². The fourth-order valence-corrected chi connectivity index (χ4v) is 2.64. The Kier molecular flexibility index (Phi) is 3.65. The van der Waals surface area contributed by atoms with Gasteiger partial charge >= 0.3 is 0 Å². The molecular weight excluding hydrogens is 194 g/mol. The second-order valence-corrected chi connectivity index (χ2v) is 5.26. The average molecular weight is 217 g/mol. The number of rotatable bonds is 2. The van der Waals surface area contributed by atoms with Crippen LogP contribution < -0.4 is 5.32 Å². The van der Waals surface area contributed by atoms with Gasteiger partial charge in [-0.1, -0.05) is 12.1 Å². The molecule has 1 aliphatic rings. The minimum Gasteiger partial charge on any atom is -0.317 e. The van der Waals surface area contributed by atoms with Crippen molar-refractivity contribution >= 4 is 0 Å². The standard InChI is InChI=1S/C15H23N/c1-11-8-13(3)15(9-12(11)2)10-14-4-6-16-7-5-14/h8-9,14,16H,4-7,10H2,1-3H3. The van der Waals surface area contributed by atoms with Crippen LogP contribution in [0.1, 0.15) is 35.1 Å². The zero-order valence-corrected chi connectivity index (χ0v) is 10.8. The molecule has 1 aliphatic heterocycles. The molecule has 0 aliphatic carbocycles. The van der Waals surface area contributed by atoms with Crippen molar-refractivity contribution in [2.24, 2.45) is 5.92 Å². The lowest BCUT2D eigenvalue weighted by Gasteiger charge is -2.23. The Bertz CT molecular complexity index is 362. The molecule has 1 fully saturated rings. The lowest BCUT2D eigenvalue weighted by Crippen LogP contribution is -2.28. The molecule has 0 saturated carbocycles. The van der Waals surface area contributed by atoms with Gasteiger partial charge < -0.3 is 5.32 Å². The first-order chi connectivity index (χ1) is 7.66. The molecule has 2 rings (SSSR count). The number of hydrogen-bond acceptors (Lipinski definition) is 1. The first-order valence-corrected chi connectivity index (χ1v) is 6.44. The van der Waals surface area contributed by atoms with E-state index < -0.39 is 0 Å². The summed E-state index contributed by atoms with van der Waals surface area (Å²) < 4.78 is 0. The van der Waals surface area contributed by atoms with Crippen molar-refractivity contribution in [2.75, 3.05) is 13.1 Å². The van der Waals surface area contributed by atoms with Crippen LogP contribution in [-0.2, 0) is 6.42 Å². The SMILES string of the molecule is Cc1cc(C)c(CC2CCNCC2)cc1C. The highest BCUT2D eigenvalue weighted by atomic mass is 14.9. The quantitative estimate of drug-likeness (QED) is 0.802. The summed E-state index contributed by atoms with van der Waals surface area (Å²) in [7, 11) is 0. The third-order valence-electron chi connectivity index (χ3n) is 3.92. The van der Waals surface area contributed by atoms with E-state index in [9.17, 15) is 0 Å². The van der Waals surface area contributed by atoms with Gasteiger partial charge in [-0.15, -0.1) is 0 Å². The second-order valence-electron chi connectivity index (χ2n) is 5.26. The lowest BCUT2D eigenvalue weighted by molar-refractivity contribution is 0.372. The molecule has 1 heteroatoms. The Hall–Kier alpha value is -0.820. The van der Waals surface area contributed by atoms with E-state index in [1.54, 1.807) is 5.56 Å². The topological polar surface area (TPSA) is 12.0 Å². The van der Waals surface area contributed by atoms with Crippen LogP contribution in [0.2, 0.25) is 0 Å². The predicted molar refractivity (Wildman–Crippen MR) is 70.0 cm³/mol. The molecule has 0 amide bonds. The maximum atomic E-state index is 3.44. The van der Waals surface area contributed by atoms with Crippen LogP contribution in [0.25, 0.3) is 0 Å². The molecule has 1 heterocycles. The van der Waals surface area contributed by atoms with Crippen molar-refractivity contribution in [1.82, 2.24) is 5.32 Å². The van der Waals surface area contributed by atoms with Crippen LogP contribution in [0.15, 0.2) is 12.1 Å². The Morgan fingerprint density at radius 1 is 1.00 bits per heavy atom. The molecule has 16 heavy (non-hydrogen) atoms.